The molecule has 2 N–H and O–H groups in total. The van der Waals surface area contributed by atoms with Gasteiger partial charge in [-0.15, -0.1) is 0 Å². The molecule has 0 bridgehead atoms. The highest BCUT2D eigenvalue weighted by atomic mass is 16.5. The third-order valence-electron chi connectivity index (χ3n) is 3.72. The van der Waals surface area contributed by atoms with Crippen molar-refractivity contribution >= 4 is 10.8 Å². The molecule has 0 spiro atoms. The molecule has 1 fully saturated rings. The average Bonchev–Trinajstić information content (AvgIpc) is 2.85. The number of rotatable bonds is 2. The predicted molar refractivity (Wildman–Crippen MR) is 74.9 cm³/mol. The minimum atomic E-state index is 0.200. The Hall–Kier alpha value is -2.05. The maximum absolute atomic E-state index is 9.14. The number of hydrogen-bond donors (Lipinski definition) is 1. The first-order chi connectivity index (χ1) is 9.28. The summed E-state index contributed by atoms with van der Waals surface area (Å²) in [5.74, 6) is 0.855. The minimum absolute atomic E-state index is 0.200. The zero-order chi connectivity index (χ0) is 13.2. The summed E-state index contributed by atoms with van der Waals surface area (Å²) >= 11 is 0. The molecular formula is C16H16N2O. The number of nitrogens with two attached hydrogens (primary N) is 1. The lowest BCUT2D eigenvalue weighted by atomic mass is 10.0. The molecule has 0 amide bonds. The lowest BCUT2D eigenvalue weighted by molar-refractivity contribution is 0.211. The van der Waals surface area contributed by atoms with Crippen LogP contribution >= 0.6 is 0 Å². The van der Waals surface area contributed by atoms with Gasteiger partial charge in [-0.1, -0.05) is 24.3 Å². The van der Waals surface area contributed by atoms with Crippen LogP contribution in [0.15, 0.2) is 36.4 Å². The Labute approximate surface area is 112 Å². The summed E-state index contributed by atoms with van der Waals surface area (Å²) in [6.07, 6.45) is 3.15. The van der Waals surface area contributed by atoms with Gasteiger partial charge in [-0.05, 0) is 31.4 Å². The molecule has 0 radical (unpaired) electrons. The average molecular weight is 252 g/mol. The summed E-state index contributed by atoms with van der Waals surface area (Å²) in [5, 5.41) is 11.1. The summed E-state index contributed by atoms with van der Waals surface area (Å²) in [5.41, 5.74) is 6.60. The van der Waals surface area contributed by atoms with Crippen LogP contribution in [-0.2, 0) is 0 Å². The number of hydrogen-bond acceptors (Lipinski definition) is 3. The molecule has 0 aromatic heterocycles. The van der Waals surface area contributed by atoms with Crippen LogP contribution in [0.1, 0.15) is 24.8 Å². The van der Waals surface area contributed by atoms with Gasteiger partial charge >= 0.3 is 0 Å². The van der Waals surface area contributed by atoms with E-state index in [9.17, 15) is 0 Å². The maximum Gasteiger partial charge on any atom is 0.127 e. The lowest BCUT2D eigenvalue weighted by Crippen LogP contribution is -2.19. The first-order valence-electron chi connectivity index (χ1n) is 6.62. The van der Waals surface area contributed by atoms with E-state index in [-0.39, 0.29) is 12.1 Å². The molecule has 1 aliphatic carbocycles. The summed E-state index contributed by atoms with van der Waals surface area (Å²) in [4.78, 5) is 0. The highest BCUT2D eigenvalue weighted by molar-refractivity contribution is 5.92. The third kappa shape index (κ3) is 2.27. The van der Waals surface area contributed by atoms with E-state index >= 15 is 0 Å². The van der Waals surface area contributed by atoms with Crippen LogP contribution in [0.3, 0.4) is 0 Å². The van der Waals surface area contributed by atoms with Crippen molar-refractivity contribution in [3.8, 4) is 11.8 Å². The molecule has 2 unspecified atom stereocenters. The summed E-state index contributed by atoms with van der Waals surface area (Å²) < 4.78 is 6.07. The van der Waals surface area contributed by atoms with Crippen LogP contribution in [0.25, 0.3) is 10.8 Å². The second-order valence-electron chi connectivity index (χ2n) is 5.08. The SMILES string of the molecule is N#Cc1ccc(OC2CCC(N)C2)c2ccccc12. The quantitative estimate of drug-likeness (QED) is 0.893. The number of benzene rings is 2. The number of nitriles is 1. The molecule has 3 heteroatoms. The molecule has 0 saturated heterocycles. The van der Waals surface area contributed by atoms with Crippen molar-refractivity contribution in [2.24, 2.45) is 5.73 Å². The van der Waals surface area contributed by atoms with Crippen molar-refractivity contribution < 1.29 is 4.74 Å². The molecule has 19 heavy (non-hydrogen) atoms. The predicted octanol–water partition coefficient (Wildman–Crippen LogP) is 2.97. The van der Waals surface area contributed by atoms with Crippen molar-refractivity contribution in [2.75, 3.05) is 0 Å². The Bertz CT molecular complexity index is 645. The Morgan fingerprint density at radius 3 is 2.58 bits per heavy atom. The van der Waals surface area contributed by atoms with E-state index in [1.807, 2.05) is 36.4 Å². The molecule has 0 aliphatic heterocycles. The standard InChI is InChI=1S/C16H16N2O/c17-10-11-5-8-16(15-4-2-1-3-14(11)15)19-13-7-6-12(18)9-13/h1-5,8,12-13H,6-7,9,18H2. The van der Waals surface area contributed by atoms with Crippen molar-refractivity contribution in [2.45, 2.75) is 31.4 Å². The fourth-order valence-corrected chi connectivity index (χ4v) is 2.73. The maximum atomic E-state index is 9.14. The van der Waals surface area contributed by atoms with E-state index in [0.717, 1.165) is 35.8 Å². The van der Waals surface area contributed by atoms with Gasteiger partial charge in [-0.2, -0.15) is 5.26 Å². The van der Waals surface area contributed by atoms with Gasteiger partial charge in [0.2, 0.25) is 0 Å². The normalized spacial score (nSPS) is 22.3. The van der Waals surface area contributed by atoms with Crippen LogP contribution in [0.4, 0.5) is 0 Å². The van der Waals surface area contributed by atoms with Gasteiger partial charge in [-0.25, -0.2) is 0 Å². The van der Waals surface area contributed by atoms with E-state index in [1.165, 1.54) is 0 Å². The van der Waals surface area contributed by atoms with Crippen LogP contribution in [0.5, 0.6) is 5.75 Å². The zero-order valence-corrected chi connectivity index (χ0v) is 10.7. The molecule has 1 aliphatic rings. The van der Waals surface area contributed by atoms with Crippen molar-refractivity contribution in [1.29, 1.82) is 5.26 Å². The van der Waals surface area contributed by atoms with Crippen LogP contribution < -0.4 is 10.5 Å². The molecule has 0 heterocycles. The Kier molecular flexibility index (Phi) is 3.10. The van der Waals surface area contributed by atoms with Gasteiger partial charge in [0.25, 0.3) is 0 Å². The second-order valence-corrected chi connectivity index (χ2v) is 5.08. The largest absolute Gasteiger partial charge is 0.490 e. The van der Waals surface area contributed by atoms with Gasteiger partial charge < -0.3 is 10.5 Å². The van der Waals surface area contributed by atoms with E-state index in [4.69, 9.17) is 15.7 Å². The van der Waals surface area contributed by atoms with Gasteiger partial charge in [0.1, 0.15) is 11.9 Å². The van der Waals surface area contributed by atoms with Crippen LogP contribution in [-0.4, -0.2) is 12.1 Å². The molecule has 3 nitrogen and oxygen atoms in total. The third-order valence-corrected chi connectivity index (χ3v) is 3.72. The molecule has 2 aromatic rings. The zero-order valence-electron chi connectivity index (χ0n) is 10.7. The van der Waals surface area contributed by atoms with Crippen molar-refractivity contribution in [1.82, 2.24) is 0 Å². The summed E-state index contributed by atoms with van der Waals surface area (Å²) in [6.45, 7) is 0. The van der Waals surface area contributed by atoms with Gasteiger partial charge in [0.15, 0.2) is 0 Å². The molecule has 2 aromatic carbocycles. The van der Waals surface area contributed by atoms with Gasteiger partial charge in [-0.3, -0.25) is 0 Å². The molecule has 96 valence electrons. The molecule has 3 rings (SSSR count). The Morgan fingerprint density at radius 2 is 1.89 bits per heavy atom. The monoisotopic (exact) mass is 252 g/mol. The summed E-state index contributed by atoms with van der Waals surface area (Å²) in [6, 6.07) is 14.1. The number of nitrogens with zero attached hydrogens (tertiary/aromatic N) is 1. The Balaban J connectivity index is 1.98. The van der Waals surface area contributed by atoms with Gasteiger partial charge in [0.05, 0.1) is 11.6 Å². The lowest BCUT2D eigenvalue weighted by Gasteiger charge is -2.15. The fraction of sp³-hybridized carbons (Fsp3) is 0.312. The summed E-state index contributed by atoms with van der Waals surface area (Å²) in [7, 11) is 0. The number of fused-ring (bicyclic) bond motifs is 1. The highest BCUT2D eigenvalue weighted by Gasteiger charge is 2.23. The molecule has 1 saturated carbocycles. The van der Waals surface area contributed by atoms with E-state index in [2.05, 4.69) is 6.07 Å². The van der Waals surface area contributed by atoms with Crippen LogP contribution in [0, 0.1) is 11.3 Å². The molecule has 2 atom stereocenters. The van der Waals surface area contributed by atoms with E-state index in [1.54, 1.807) is 0 Å². The van der Waals surface area contributed by atoms with E-state index in [0.29, 0.717) is 5.56 Å². The highest BCUT2D eigenvalue weighted by Crippen LogP contribution is 2.31. The van der Waals surface area contributed by atoms with Gasteiger partial charge in [0, 0.05) is 16.8 Å². The fourth-order valence-electron chi connectivity index (χ4n) is 2.73. The molecular weight excluding hydrogens is 236 g/mol. The van der Waals surface area contributed by atoms with Crippen molar-refractivity contribution in [3.63, 3.8) is 0 Å². The van der Waals surface area contributed by atoms with Crippen LogP contribution in [0.2, 0.25) is 0 Å². The topological polar surface area (TPSA) is 59.0 Å². The first-order valence-corrected chi connectivity index (χ1v) is 6.62. The smallest absolute Gasteiger partial charge is 0.127 e. The van der Waals surface area contributed by atoms with E-state index < -0.39 is 0 Å². The Morgan fingerprint density at radius 1 is 1.11 bits per heavy atom. The second kappa shape index (κ2) is 4.91. The first kappa shape index (κ1) is 12.0. The minimum Gasteiger partial charge on any atom is -0.490 e. The number of ether oxygens (including phenoxy) is 1. The van der Waals surface area contributed by atoms with Crippen molar-refractivity contribution in [3.05, 3.63) is 42.0 Å².